The van der Waals surface area contributed by atoms with E-state index in [0.717, 1.165) is 43.0 Å². The fourth-order valence-electron chi connectivity index (χ4n) is 4.90. The van der Waals surface area contributed by atoms with E-state index in [0.29, 0.717) is 30.7 Å². The molecule has 0 spiro atoms. The SMILES string of the molecule is CC(C)(C)C(=O)N1CCc2c(nc3cc([C@@H]4CCCN4Cc4ccccn4)[nH]n3c2=O)C1. The van der Waals surface area contributed by atoms with Crippen molar-refractivity contribution in [1.82, 2.24) is 29.4 Å². The Morgan fingerprint density at radius 2 is 2.09 bits per heavy atom. The van der Waals surface area contributed by atoms with Gasteiger partial charge < -0.3 is 4.90 Å². The molecule has 0 aliphatic carbocycles. The fraction of sp³-hybridized carbons (Fsp3) is 0.500. The van der Waals surface area contributed by atoms with E-state index in [1.807, 2.05) is 56.1 Å². The molecule has 0 aromatic carbocycles. The minimum Gasteiger partial charge on any atom is -0.336 e. The molecule has 0 saturated carbocycles. The second-order valence-corrected chi connectivity index (χ2v) is 9.92. The average Bonchev–Trinajstić information content (AvgIpc) is 3.40. The summed E-state index contributed by atoms with van der Waals surface area (Å²) in [5.74, 6) is 0.0935. The van der Waals surface area contributed by atoms with Gasteiger partial charge in [0.15, 0.2) is 5.65 Å². The van der Waals surface area contributed by atoms with Crippen molar-refractivity contribution in [2.24, 2.45) is 5.41 Å². The van der Waals surface area contributed by atoms with Crippen LogP contribution in [0.4, 0.5) is 0 Å². The molecular weight excluding hydrogens is 404 g/mol. The quantitative estimate of drug-likeness (QED) is 0.685. The van der Waals surface area contributed by atoms with Crippen molar-refractivity contribution in [2.75, 3.05) is 13.1 Å². The Bertz CT molecular complexity index is 1210. The lowest BCUT2D eigenvalue weighted by atomic mass is 9.93. The molecule has 1 saturated heterocycles. The van der Waals surface area contributed by atoms with E-state index in [9.17, 15) is 9.59 Å². The van der Waals surface area contributed by atoms with Crippen molar-refractivity contribution in [3.8, 4) is 0 Å². The summed E-state index contributed by atoms with van der Waals surface area (Å²) in [5, 5.41) is 3.33. The zero-order valence-corrected chi connectivity index (χ0v) is 19.0. The third kappa shape index (κ3) is 3.72. The molecule has 0 unspecified atom stereocenters. The van der Waals surface area contributed by atoms with Crippen LogP contribution in [0.2, 0.25) is 0 Å². The molecule has 8 heteroatoms. The maximum absolute atomic E-state index is 13.2. The first-order chi connectivity index (χ1) is 15.3. The van der Waals surface area contributed by atoms with E-state index >= 15 is 0 Å². The summed E-state index contributed by atoms with van der Waals surface area (Å²) in [6.07, 6.45) is 4.50. The molecule has 5 rings (SSSR count). The molecule has 0 bridgehead atoms. The summed E-state index contributed by atoms with van der Waals surface area (Å²) in [6.45, 7) is 8.50. The molecule has 1 N–H and O–H groups in total. The minimum absolute atomic E-state index is 0.0478. The van der Waals surface area contributed by atoms with Crippen molar-refractivity contribution < 1.29 is 4.79 Å². The molecule has 3 aromatic heterocycles. The monoisotopic (exact) mass is 434 g/mol. The fourth-order valence-corrected chi connectivity index (χ4v) is 4.90. The van der Waals surface area contributed by atoms with Crippen molar-refractivity contribution >= 4 is 11.6 Å². The third-order valence-electron chi connectivity index (χ3n) is 6.53. The predicted molar refractivity (Wildman–Crippen MR) is 121 cm³/mol. The van der Waals surface area contributed by atoms with Gasteiger partial charge in [0.2, 0.25) is 5.91 Å². The number of fused-ring (bicyclic) bond motifs is 2. The first-order valence-electron chi connectivity index (χ1n) is 11.4. The standard InChI is InChI=1S/C24H30N6O2/c1-24(2,3)23(32)29-12-9-17-19(15-29)26-21-13-18(27-30(21)22(17)31)20-8-6-11-28(20)14-16-7-4-5-10-25-16/h4-5,7,10,13,20,27H,6,8-9,11-12,14-15H2,1-3H3/t20-/m0/s1. The first kappa shape index (κ1) is 20.9. The van der Waals surface area contributed by atoms with Crippen LogP contribution in [0, 0.1) is 5.41 Å². The van der Waals surface area contributed by atoms with E-state index in [1.54, 1.807) is 4.52 Å². The molecule has 5 heterocycles. The molecule has 1 atom stereocenters. The number of rotatable bonds is 3. The van der Waals surface area contributed by atoms with Crippen molar-refractivity contribution in [2.45, 2.75) is 59.2 Å². The molecule has 8 nitrogen and oxygen atoms in total. The molecule has 0 radical (unpaired) electrons. The number of amides is 1. The zero-order chi connectivity index (χ0) is 22.5. The van der Waals surface area contributed by atoms with Crippen LogP contribution in [0.3, 0.4) is 0 Å². The number of carbonyl (C=O) groups is 1. The predicted octanol–water partition coefficient (Wildman–Crippen LogP) is 2.69. The lowest BCUT2D eigenvalue weighted by Gasteiger charge is -2.32. The number of carbonyl (C=O) groups excluding carboxylic acids is 1. The lowest BCUT2D eigenvalue weighted by molar-refractivity contribution is -0.140. The number of hydrogen-bond donors (Lipinski definition) is 1. The van der Waals surface area contributed by atoms with E-state index in [-0.39, 0.29) is 17.5 Å². The first-order valence-corrected chi connectivity index (χ1v) is 11.4. The number of nitrogens with zero attached hydrogens (tertiary/aromatic N) is 5. The molecule has 32 heavy (non-hydrogen) atoms. The number of H-pyrrole nitrogens is 1. The largest absolute Gasteiger partial charge is 0.336 e. The third-order valence-corrected chi connectivity index (χ3v) is 6.53. The summed E-state index contributed by atoms with van der Waals surface area (Å²) in [7, 11) is 0. The van der Waals surface area contributed by atoms with Crippen LogP contribution in [-0.4, -0.2) is 48.4 Å². The van der Waals surface area contributed by atoms with Gasteiger partial charge in [0, 0.05) is 36.3 Å². The highest BCUT2D eigenvalue weighted by molar-refractivity contribution is 5.81. The van der Waals surface area contributed by atoms with Crippen molar-refractivity contribution in [3.63, 3.8) is 0 Å². The second-order valence-electron chi connectivity index (χ2n) is 9.92. The van der Waals surface area contributed by atoms with Gasteiger partial charge in [-0.2, -0.15) is 0 Å². The van der Waals surface area contributed by atoms with E-state index in [4.69, 9.17) is 4.98 Å². The van der Waals surface area contributed by atoms with Crippen LogP contribution < -0.4 is 5.56 Å². The van der Waals surface area contributed by atoms with E-state index in [2.05, 4.69) is 15.0 Å². The van der Waals surface area contributed by atoms with Gasteiger partial charge in [0.05, 0.1) is 29.7 Å². The van der Waals surface area contributed by atoms with Crippen LogP contribution >= 0.6 is 0 Å². The van der Waals surface area contributed by atoms with Crippen LogP contribution in [0.5, 0.6) is 0 Å². The molecule has 1 fully saturated rings. The summed E-state index contributed by atoms with van der Waals surface area (Å²) < 4.78 is 1.58. The average molecular weight is 435 g/mol. The molecular formula is C24H30N6O2. The molecule has 3 aromatic rings. The maximum Gasteiger partial charge on any atom is 0.276 e. The highest BCUT2D eigenvalue weighted by Gasteiger charge is 2.32. The van der Waals surface area contributed by atoms with Gasteiger partial charge in [-0.15, -0.1) is 0 Å². The number of aromatic nitrogens is 4. The Morgan fingerprint density at radius 3 is 2.84 bits per heavy atom. The highest BCUT2D eigenvalue weighted by atomic mass is 16.2. The van der Waals surface area contributed by atoms with Crippen LogP contribution in [-0.2, 0) is 24.3 Å². The molecule has 2 aliphatic rings. The smallest absolute Gasteiger partial charge is 0.276 e. The van der Waals surface area contributed by atoms with Crippen LogP contribution in [0.15, 0.2) is 35.3 Å². The number of aromatic amines is 1. The Labute approximate surface area is 187 Å². The Kier molecular flexibility index (Phi) is 5.12. The van der Waals surface area contributed by atoms with Gasteiger partial charge in [0.1, 0.15) is 0 Å². The van der Waals surface area contributed by atoms with Crippen LogP contribution in [0.25, 0.3) is 5.65 Å². The summed E-state index contributed by atoms with van der Waals surface area (Å²) >= 11 is 0. The number of hydrogen-bond acceptors (Lipinski definition) is 5. The van der Waals surface area contributed by atoms with Crippen LogP contribution in [0.1, 0.15) is 62.3 Å². The Balaban J connectivity index is 1.44. The molecule has 1 amide bonds. The summed E-state index contributed by atoms with van der Waals surface area (Å²) in [6, 6.07) is 8.18. The van der Waals surface area contributed by atoms with Gasteiger partial charge in [-0.3, -0.25) is 24.6 Å². The minimum atomic E-state index is -0.447. The summed E-state index contributed by atoms with van der Waals surface area (Å²) in [4.78, 5) is 39.4. The van der Waals surface area contributed by atoms with Gasteiger partial charge in [-0.05, 0) is 37.9 Å². The van der Waals surface area contributed by atoms with Gasteiger partial charge >= 0.3 is 0 Å². The van der Waals surface area contributed by atoms with Crippen molar-refractivity contribution in [1.29, 1.82) is 0 Å². The van der Waals surface area contributed by atoms with E-state index in [1.165, 1.54) is 0 Å². The molecule has 168 valence electrons. The normalized spacial score (nSPS) is 19.5. The Morgan fingerprint density at radius 1 is 1.25 bits per heavy atom. The van der Waals surface area contributed by atoms with Gasteiger partial charge in [-0.1, -0.05) is 26.8 Å². The number of likely N-dealkylation sites (tertiary alicyclic amines) is 1. The zero-order valence-electron chi connectivity index (χ0n) is 19.0. The topological polar surface area (TPSA) is 86.6 Å². The molecule has 2 aliphatic heterocycles. The highest BCUT2D eigenvalue weighted by Crippen LogP contribution is 2.32. The number of nitrogens with one attached hydrogen (secondary N) is 1. The van der Waals surface area contributed by atoms with E-state index < -0.39 is 5.41 Å². The Hall–Kier alpha value is -3.00. The van der Waals surface area contributed by atoms with Crippen molar-refractivity contribution in [3.05, 3.63) is 63.5 Å². The maximum atomic E-state index is 13.2. The van der Waals surface area contributed by atoms with Gasteiger partial charge in [0.25, 0.3) is 5.56 Å². The number of pyridine rings is 1. The lowest BCUT2D eigenvalue weighted by Crippen LogP contribution is -2.44. The second kappa shape index (κ2) is 7.85. The summed E-state index contributed by atoms with van der Waals surface area (Å²) in [5.41, 5.74) is 3.62. The van der Waals surface area contributed by atoms with Gasteiger partial charge in [-0.25, -0.2) is 9.50 Å².